The number of nitrogens with one attached hydrogen (secondary N) is 1. The number of methoxy groups -OCH3 is 2. The van der Waals surface area contributed by atoms with Crippen LogP contribution in [0.15, 0.2) is 22.7 Å². The molecule has 9 nitrogen and oxygen atoms in total. The van der Waals surface area contributed by atoms with E-state index in [0.29, 0.717) is 49.0 Å². The third kappa shape index (κ3) is 7.18. The van der Waals surface area contributed by atoms with Crippen molar-refractivity contribution in [2.24, 2.45) is 5.92 Å². The molecule has 9 heteroatoms. The maximum absolute atomic E-state index is 12.7. The molecule has 1 unspecified atom stereocenters. The van der Waals surface area contributed by atoms with Gasteiger partial charge in [-0.1, -0.05) is 24.4 Å². The zero-order valence-electron chi connectivity index (χ0n) is 21.0. The van der Waals surface area contributed by atoms with Gasteiger partial charge in [0.05, 0.1) is 32.8 Å². The summed E-state index contributed by atoms with van der Waals surface area (Å²) in [6.07, 6.45) is 9.41. The summed E-state index contributed by atoms with van der Waals surface area (Å²) in [7, 11) is 3.19. The Bertz CT molecular complexity index is 944. The zero-order chi connectivity index (χ0) is 24.5. The van der Waals surface area contributed by atoms with Crippen LogP contribution < -0.4 is 14.8 Å². The molecule has 1 aliphatic carbocycles. The molecule has 2 aliphatic rings. The van der Waals surface area contributed by atoms with E-state index in [-0.39, 0.29) is 11.8 Å². The summed E-state index contributed by atoms with van der Waals surface area (Å²) in [5.74, 6) is 2.41. The van der Waals surface area contributed by atoms with Crippen molar-refractivity contribution < 1.29 is 23.5 Å². The van der Waals surface area contributed by atoms with Crippen molar-refractivity contribution in [2.75, 3.05) is 40.5 Å². The van der Waals surface area contributed by atoms with Crippen LogP contribution in [0.2, 0.25) is 0 Å². The van der Waals surface area contributed by atoms with Gasteiger partial charge in [0.2, 0.25) is 17.6 Å². The first-order valence-electron chi connectivity index (χ1n) is 12.8. The first-order chi connectivity index (χ1) is 17.2. The van der Waals surface area contributed by atoms with Gasteiger partial charge < -0.3 is 24.1 Å². The molecule has 1 atom stereocenters. The molecule has 1 aliphatic heterocycles. The van der Waals surface area contributed by atoms with Crippen LogP contribution in [0.1, 0.15) is 57.3 Å². The van der Waals surface area contributed by atoms with Crippen molar-refractivity contribution >= 4 is 5.91 Å². The average Bonchev–Trinajstić information content (AvgIpc) is 3.37. The SMILES string of the molecule is COc1ccc(-c2noc(CN3CCCC(C(=O)NCCCOC4CCCCC4)C3)n2)cc1OC. The Balaban J connectivity index is 1.21. The molecule has 0 bridgehead atoms. The van der Waals surface area contributed by atoms with Gasteiger partial charge in [0.25, 0.3) is 0 Å². The summed E-state index contributed by atoms with van der Waals surface area (Å²) in [6, 6.07) is 5.52. The highest BCUT2D eigenvalue weighted by atomic mass is 16.5. The molecule has 1 amide bonds. The number of ether oxygens (including phenoxy) is 3. The number of hydrogen-bond acceptors (Lipinski definition) is 8. The zero-order valence-corrected chi connectivity index (χ0v) is 21.0. The highest BCUT2D eigenvalue weighted by Crippen LogP contribution is 2.31. The second-order valence-electron chi connectivity index (χ2n) is 9.43. The van der Waals surface area contributed by atoms with Crippen LogP contribution in [0, 0.1) is 5.92 Å². The van der Waals surface area contributed by atoms with E-state index in [9.17, 15) is 4.79 Å². The molecule has 1 saturated heterocycles. The number of amides is 1. The maximum atomic E-state index is 12.7. The minimum Gasteiger partial charge on any atom is -0.493 e. The summed E-state index contributed by atoms with van der Waals surface area (Å²) < 4.78 is 22.1. The number of rotatable bonds is 11. The summed E-state index contributed by atoms with van der Waals surface area (Å²) in [5, 5.41) is 7.23. The van der Waals surface area contributed by atoms with Gasteiger partial charge in [-0.05, 0) is 56.8 Å². The number of carbonyl (C=O) groups excluding carboxylic acids is 1. The molecule has 2 heterocycles. The molecule has 35 heavy (non-hydrogen) atoms. The van der Waals surface area contributed by atoms with Crippen LogP contribution in [0.3, 0.4) is 0 Å². The Morgan fingerprint density at radius 3 is 2.74 bits per heavy atom. The summed E-state index contributed by atoms with van der Waals surface area (Å²) in [4.78, 5) is 19.5. The smallest absolute Gasteiger partial charge is 0.241 e. The van der Waals surface area contributed by atoms with Crippen LogP contribution in [0.5, 0.6) is 11.5 Å². The normalized spacial score (nSPS) is 19.4. The first kappa shape index (κ1) is 25.4. The Labute approximate surface area is 207 Å². The number of likely N-dealkylation sites (tertiary alicyclic amines) is 1. The standard InChI is InChI=1S/C26H38N4O5/c1-32-22-12-11-19(16-23(22)33-2)25-28-24(35-29-25)18-30-14-6-8-20(17-30)26(31)27-13-7-15-34-21-9-4-3-5-10-21/h11-12,16,20-21H,3-10,13-15,17-18H2,1-2H3,(H,27,31). The molecule has 0 radical (unpaired) electrons. The second-order valence-corrected chi connectivity index (χ2v) is 9.43. The third-order valence-corrected chi connectivity index (χ3v) is 6.87. The fourth-order valence-corrected chi connectivity index (χ4v) is 4.93. The Morgan fingerprint density at radius 2 is 1.94 bits per heavy atom. The van der Waals surface area contributed by atoms with Gasteiger partial charge >= 0.3 is 0 Å². The Morgan fingerprint density at radius 1 is 1.11 bits per heavy atom. The molecule has 1 N–H and O–H groups in total. The van der Waals surface area contributed by atoms with E-state index in [1.165, 1.54) is 32.1 Å². The van der Waals surface area contributed by atoms with Gasteiger partial charge in [-0.25, -0.2) is 0 Å². The van der Waals surface area contributed by atoms with Crippen LogP contribution in [-0.4, -0.2) is 67.5 Å². The molecule has 192 valence electrons. The molecular formula is C26H38N4O5. The number of nitrogens with zero attached hydrogens (tertiary/aromatic N) is 3. The molecule has 1 aromatic heterocycles. The van der Waals surface area contributed by atoms with Gasteiger partial charge in [-0.15, -0.1) is 0 Å². The van der Waals surface area contributed by atoms with Gasteiger partial charge in [-0.2, -0.15) is 4.98 Å². The molecule has 0 spiro atoms. The lowest BCUT2D eigenvalue weighted by atomic mass is 9.97. The lowest BCUT2D eigenvalue weighted by Gasteiger charge is -2.30. The summed E-state index contributed by atoms with van der Waals surface area (Å²) >= 11 is 0. The van der Waals surface area contributed by atoms with Gasteiger partial charge in [0, 0.05) is 25.3 Å². The second kappa shape index (κ2) is 12.9. The van der Waals surface area contributed by atoms with E-state index in [0.717, 1.165) is 38.0 Å². The van der Waals surface area contributed by atoms with E-state index in [4.69, 9.17) is 18.7 Å². The Kier molecular flexibility index (Phi) is 9.36. The maximum Gasteiger partial charge on any atom is 0.241 e. The third-order valence-electron chi connectivity index (χ3n) is 6.87. The van der Waals surface area contributed by atoms with Crippen LogP contribution in [0.25, 0.3) is 11.4 Å². The monoisotopic (exact) mass is 486 g/mol. The largest absolute Gasteiger partial charge is 0.493 e. The number of carbonyl (C=O) groups is 1. The molecule has 1 aromatic carbocycles. The van der Waals surface area contributed by atoms with Crippen LogP contribution in [-0.2, 0) is 16.1 Å². The molecule has 2 aromatic rings. The van der Waals surface area contributed by atoms with Crippen molar-refractivity contribution in [1.29, 1.82) is 0 Å². The van der Waals surface area contributed by atoms with Crippen molar-refractivity contribution in [1.82, 2.24) is 20.4 Å². The number of aromatic nitrogens is 2. The van der Waals surface area contributed by atoms with Gasteiger partial charge in [-0.3, -0.25) is 9.69 Å². The minimum atomic E-state index is -0.0174. The highest BCUT2D eigenvalue weighted by molar-refractivity contribution is 5.78. The van der Waals surface area contributed by atoms with Crippen molar-refractivity contribution in [2.45, 2.75) is 64.0 Å². The van der Waals surface area contributed by atoms with Crippen molar-refractivity contribution in [3.05, 3.63) is 24.1 Å². The minimum absolute atomic E-state index is 0.0174. The van der Waals surface area contributed by atoms with Gasteiger partial charge in [0.15, 0.2) is 11.5 Å². The van der Waals surface area contributed by atoms with E-state index in [1.54, 1.807) is 14.2 Å². The fourth-order valence-electron chi connectivity index (χ4n) is 4.93. The predicted molar refractivity (Wildman–Crippen MR) is 131 cm³/mol. The van der Waals surface area contributed by atoms with E-state index >= 15 is 0 Å². The van der Waals surface area contributed by atoms with E-state index < -0.39 is 0 Å². The molecule has 2 fully saturated rings. The predicted octanol–water partition coefficient (Wildman–Crippen LogP) is 3.82. The molecule has 1 saturated carbocycles. The number of benzene rings is 1. The highest BCUT2D eigenvalue weighted by Gasteiger charge is 2.27. The van der Waals surface area contributed by atoms with Crippen LogP contribution >= 0.6 is 0 Å². The van der Waals surface area contributed by atoms with Crippen molar-refractivity contribution in [3.63, 3.8) is 0 Å². The van der Waals surface area contributed by atoms with E-state index in [1.807, 2.05) is 18.2 Å². The molecule has 4 rings (SSSR count). The fraction of sp³-hybridized carbons (Fsp3) is 0.654. The molecular weight excluding hydrogens is 448 g/mol. The lowest BCUT2D eigenvalue weighted by molar-refractivity contribution is -0.126. The van der Waals surface area contributed by atoms with Crippen LogP contribution in [0.4, 0.5) is 0 Å². The quantitative estimate of drug-likeness (QED) is 0.479. The van der Waals surface area contributed by atoms with E-state index in [2.05, 4.69) is 20.4 Å². The number of hydrogen-bond donors (Lipinski definition) is 1. The average molecular weight is 487 g/mol. The summed E-state index contributed by atoms with van der Waals surface area (Å²) in [5.41, 5.74) is 0.793. The Hall–Kier alpha value is -2.65. The first-order valence-corrected chi connectivity index (χ1v) is 12.8. The topological polar surface area (TPSA) is 99.0 Å². The van der Waals surface area contributed by atoms with Gasteiger partial charge in [0.1, 0.15) is 0 Å². The summed E-state index contributed by atoms with van der Waals surface area (Å²) in [6.45, 7) is 3.52. The lowest BCUT2D eigenvalue weighted by Crippen LogP contribution is -2.43. The van der Waals surface area contributed by atoms with Crippen molar-refractivity contribution in [3.8, 4) is 22.9 Å². The number of piperidine rings is 1.